The van der Waals surface area contributed by atoms with Gasteiger partial charge in [0.15, 0.2) is 0 Å². The molecule has 1 fully saturated rings. The van der Waals surface area contributed by atoms with Gasteiger partial charge in [0.25, 0.3) is 0 Å². The molecular weight excluding hydrogens is 318 g/mol. The lowest BCUT2D eigenvalue weighted by molar-refractivity contribution is 0.0564. The topological polar surface area (TPSA) is 79.0 Å². The lowest BCUT2D eigenvalue weighted by atomic mass is 10.3. The Morgan fingerprint density at radius 2 is 1.74 bits per heavy atom. The van der Waals surface area contributed by atoms with Crippen molar-refractivity contribution < 1.29 is 17.9 Å². The largest absolute Gasteiger partial charge is 0.378 e. The fraction of sp³-hybridized carbons (Fsp3) is 0.533. The maximum Gasteiger partial charge on any atom is 0.321 e. The van der Waals surface area contributed by atoms with Crippen LogP contribution in [0, 0.1) is 0 Å². The summed E-state index contributed by atoms with van der Waals surface area (Å²) in [5.41, 5.74) is 0.569. The van der Waals surface area contributed by atoms with Crippen LogP contribution in [0.15, 0.2) is 29.2 Å². The van der Waals surface area contributed by atoms with Crippen LogP contribution in [0.2, 0.25) is 0 Å². The summed E-state index contributed by atoms with van der Waals surface area (Å²) in [6.45, 7) is 6.64. The molecule has 0 atom stereocenters. The number of morpholine rings is 1. The van der Waals surface area contributed by atoms with Gasteiger partial charge in [-0.1, -0.05) is 13.8 Å². The lowest BCUT2D eigenvalue weighted by Gasteiger charge is -2.27. The van der Waals surface area contributed by atoms with Crippen molar-refractivity contribution in [3.05, 3.63) is 24.3 Å². The standard InChI is InChI=1S/C15H23N3O4S/c1-3-18(4-2)23(20,21)14-7-5-13(6-8-14)16-15(19)17-9-11-22-12-10-17/h5-8H,3-4,9-12H2,1-2H3,(H,16,19). The Kier molecular flexibility index (Phi) is 5.97. The summed E-state index contributed by atoms with van der Waals surface area (Å²) in [7, 11) is -3.47. The SMILES string of the molecule is CCN(CC)S(=O)(=O)c1ccc(NC(=O)N2CCOCC2)cc1. The van der Waals surface area contributed by atoms with Gasteiger partial charge in [0, 0.05) is 31.9 Å². The molecule has 1 N–H and O–H groups in total. The Morgan fingerprint density at radius 1 is 1.17 bits per heavy atom. The van der Waals surface area contributed by atoms with E-state index >= 15 is 0 Å². The Morgan fingerprint density at radius 3 is 2.26 bits per heavy atom. The van der Waals surface area contributed by atoms with Crippen LogP contribution in [0.25, 0.3) is 0 Å². The molecular formula is C15H23N3O4S. The first kappa shape index (κ1) is 17.7. The van der Waals surface area contributed by atoms with Crippen LogP contribution in [0.3, 0.4) is 0 Å². The average Bonchev–Trinajstić information content (AvgIpc) is 2.57. The molecule has 1 aromatic carbocycles. The molecule has 1 heterocycles. The summed E-state index contributed by atoms with van der Waals surface area (Å²) in [5.74, 6) is 0. The van der Waals surface area contributed by atoms with Gasteiger partial charge in [-0.3, -0.25) is 0 Å². The fourth-order valence-electron chi connectivity index (χ4n) is 2.39. The van der Waals surface area contributed by atoms with E-state index in [1.54, 1.807) is 30.9 Å². The van der Waals surface area contributed by atoms with Crippen LogP contribution in [0.4, 0.5) is 10.5 Å². The van der Waals surface area contributed by atoms with E-state index in [0.29, 0.717) is 45.1 Å². The number of nitrogens with zero attached hydrogens (tertiary/aromatic N) is 2. The van der Waals surface area contributed by atoms with Crippen molar-refractivity contribution in [2.45, 2.75) is 18.7 Å². The zero-order valence-electron chi connectivity index (χ0n) is 13.5. The molecule has 1 aliphatic rings. The monoisotopic (exact) mass is 341 g/mol. The average molecular weight is 341 g/mol. The summed E-state index contributed by atoms with van der Waals surface area (Å²) in [5, 5.41) is 2.77. The smallest absolute Gasteiger partial charge is 0.321 e. The van der Waals surface area contributed by atoms with Crippen LogP contribution in [0.1, 0.15) is 13.8 Å². The number of urea groups is 1. The molecule has 0 aliphatic carbocycles. The van der Waals surface area contributed by atoms with Crippen LogP contribution >= 0.6 is 0 Å². The van der Waals surface area contributed by atoms with Gasteiger partial charge in [-0.2, -0.15) is 4.31 Å². The van der Waals surface area contributed by atoms with Gasteiger partial charge in [-0.05, 0) is 24.3 Å². The van der Waals surface area contributed by atoms with E-state index in [1.807, 2.05) is 0 Å². The van der Waals surface area contributed by atoms with E-state index in [1.165, 1.54) is 16.4 Å². The third kappa shape index (κ3) is 4.21. The van der Waals surface area contributed by atoms with Crippen LogP contribution in [-0.4, -0.2) is 63.0 Å². The molecule has 1 aliphatic heterocycles. The van der Waals surface area contributed by atoms with Crippen molar-refractivity contribution in [1.82, 2.24) is 9.21 Å². The summed E-state index contributed by atoms with van der Waals surface area (Å²) in [4.78, 5) is 14.0. The molecule has 2 amide bonds. The van der Waals surface area contributed by atoms with Crippen molar-refractivity contribution in [1.29, 1.82) is 0 Å². The minimum absolute atomic E-state index is 0.201. The molecule has 0 radical (unpaired) electrons. The molecule has 0 saturated carbocycles. The first-order valence-corrected chi connectivity index (χ1v) is 9.17. The molecule has 0 aromatic heterocycles. The second kappa shape index (κ2) is 7.76. The van der Waals surface area contributed by atoms with E-state index in [4.69, 9.17) is 4.74 Å². The Bertz CT molecular complexity index is 621. The number of nitrogens with one attached hydrogen (secondary N) is 1. The van der Waals surface area contributed by atoms with E-state index in [-0.39, 0.29) is 10.9 Å². The molecule has 2 rings (SSSR count). The third-order valence-corrected chi connectivity index (χ3v) is 5.81. The Balaban J connectivity index is 2.06. The molecule has 1 saturated heterocycles. The maximum atomic E-state index is 12.4. The zero-order valence-corrected chi connectivity index (χ0v) is 14.3. The highest BCUT2D eigenvalue weighted by Crippen LogP contribution is 2.18. The summed E-state index contributed by atoms with van der Waals surface area (Å²) < 4.78 is 31.4. The normalized spacial score (nSPS) is 15.7. The van der Waals surface area contributed by atoms with Crippen molar-refractivity contribution >= 4 is 21.7 Å². The lowest BCUT2D eigenvalue weighted by Crippen LogP contribution is -2.43. The number of rotatable bonds is 5. The summed E-state index contributed by atoms with van der Waals surface area (Å²) in [6.07, 6.45) is 0. The van der Waals surface area contributed by atoms with E-state index < -0.39 is 10.0 Å². The molecule has 128 valence electrons. The maximum absolute atomic E-state index is 12.4. The molecule has 23 heavy (non-hydrogen) atoms. The number of ether oxygens (including phenoxy) is 1. The predicted molar refractivity (Wildman–Crippen MR) is 88.0 cm³/mol. The molecule has 7 nitrogen and oxygen atoms in total. The van der Waals surface area contributed by atoms with Gasteiger partial charge in [-0.15, -0.1) is 0 Å². The number of anilines is 1. The van der Waals surface area contributed by atoms with Crippen molar-refractivity contribution in [3.8, 4) is 0 Å². The van der Waals surface area contributed by atoms with Crippen LogP contribution in [-0.2, 0) is 14.8 Å². The number of hydrogen-bond acceptors (Lipinski definition) is 4. The van der Waals surface area contributed by atoms with Gasteiger partial charge in [-0.25, -0.2) is 13.2 Å². The van der Waals surface area contributed by atoms with E-state index in [9.17, 15) is 13.2 Å². The highest BCUT2D eigenvalue weighted by Gasteiger charge is 2.21. The van der Waals surface area contributed by atoms with Gasteiger partial charge in [0.05, 0.1) is 18.1 Å². The summed E-state index contributed by atoms with van der Waals surface area (Å²) in [6, 6.07) is 6.04. The number of carbonyl (C=O) groups excluding carboxylic acids is 1. The van der Waals surface area contributed by atoms with E-state index in [2.05, 4.69) is 5.32 Å². The second-order valence-corrected chi connectivity index (χ2v) is 7.08. The highest BCUT2D eigenvalue weighted by molar-refractivity contribution is 7.89. The van der Waals surface area contributed by atoms with E-state index in [0.717, 1.165) is 0 Å². The van der Waals surface area contributed by atoms with Crippen LogP contribution in [0.5, 0.6) is 0 Å². The molecule has 0 unspecified atom stereocenters. The molecule has 0 spiro atoms. The molecule has 1 aromatic rings. The highest BCUT2D eigenvalue weighted by atomic mass is 32.2. The van der Waals surface area contributed by atoms with Gasteiger partial charge in [0.2, 0.25) is 10.0 Å². The minimum atomic E-state index is -3.47. The van der Waals surface area contributed by atoms with Crippen molar-refractivity contribution in [2.24, 2.45) is 0 Å². The quantitative estimate of drug-likeness (QED) is 0.882. The van der Waals surface area contributed by atoms with Crippen molar-refractivity contribution in [2.75, 3.05) is 44.7 Å². The number of benzene rings is 1. The van der Waals surface area contributed by atoms with Crippen LogP contribution < -0.4 is 5.32 Å². The predicted octanol–water partition coefficient (Wildman–Crippen LogP) is 1.58. The summed E-state index contributed by atoms with van der Waals surface area (Å²) >= 11 is 0. The Hall–Kier alpha value is -1.64. The minimum Gasteiger partial charge on any atom is -0.378 e. The Labute approximate surface area is 137 Å². The van der Waals surface area contributed by atoms with Gasteiger partial charge >= 0.3 is 6.03 Å². The first-order chi connectivity index (χ1) is 11.0. The number of sulfonamides is 1. The second-order valence-electron chi connectivity index (χ2n) is 5.14. The number of amides is 2. The first-order valence-electron chi connectivity index (χ1n) is 7.73. The fourth-order valence-corrected chi connectivity index (χ4v) is 3.85. The zero-order chi connectivity index (χ0) is 16.9. The molecule has 0 bridgehead atoms. The molecule has 8 heteroatoms. The number of carbonyl (C=O) groups is 1. The van der Waals surface area contributed by atoms with Gasteiger partial charge < -0.3 is 15.0 Å². The van der Waals surface area contributed by atoms with Gasteiger partial charge in [0.1, 0.15) is 0 Å². The third-order valence-electron chi connectivity index (χ3n) is 3.75. The van der Waals surface area contributed by atoms with Crippen molar-refractivity contribution in [3.63, 3.8) is 0 Å². The number of hydrogen-bond donors (Lipinski definition) is 1.